The summed E-state index contributed by atoms with van der Waals surface area (Å²) < 4.78 is 0. The third-order valence-electron chi connectivity index (χ3n) is 4.05. The van der Waals surface area contributed by atoms with Crippen LogP contribution in [0.15, 0.2) is 48.5 Å². The molecule has 2 N–H and O–H groups in total. The number of amides is 3. The van der Waals surface area contributed by atoms with Crippen LogP contribution < -0.4 is 10.6 Å². The summed E-state index contributed by atoms with van der Waals surface area (Å²) in [5.74, 6) is -0.797. The molecular weight excluding hydrogens is 390 g/mol. The maximum atomic E-state index is 12.8. The van der Waals surface area contributed by atoms with Crippen molar-refractivity contribution in [2.24, 2.45) is 5.92 Å². The monoisotopic (exact) mass is 415 g/mol. The Bertz CT molecular complexity index is 866. The maximum Gasteiger partial charge on any atom is 0.254 e. The highest BCUT2D eigenvalue weighted by molar-refractivity contribution is 6.30. The molecule has 0 unspecified atom stereocenters. The summed E-state index contributed by atoms with van der Waals surface area (Å²) in [4.78, 5) is 38.6. The minimum absolute atomic E-state index is 0.128. The average molecular weight is 416 g/mol. The van der Waals surface area contributed by atoms with E-state index in [-0.39, 0.29) is 30.8 Å². The van der Waals surface area contributed by atoms with E-state index in [1.165, 1.54) is 4.90 Å². The molecule has 2 aromatic rings. The highest BCUT2D eigenvalue weighted by atomic mass is 35.5. The number of benzene rings is 2. The van der Waals surface area contributed by atoms with Gasteiger partial charge in [-0.05, 0) is 54.8 Å². The first-order valence-electron chi connectivity index (χ1n) is 9.42. The second kappa shape index (κ2) is 10.6. The van der Waals surface area contributed by atoms with E-state index in [1.807, 2.05) is 39.0 Å². The lowest BCUT2D eigenvalue weighted by Gasteiger charge is -2.24. The molecule has 0 heterocycles. The number of nitrogens with one attached hydrogen (secondary N) is 2. The number of halogens is 1. The lowest BCUT2D eigenvalue weighted by Crippen LogP contribution is -2.44. The Hall–Kier alpha value is -2.86. The van der Waals surface area contributed by atoms with Gasteiger partial charge in [-0.1, -0.05) is 37.6 Å². The number of nitrogens with zero attached hydrogens (tertiary/aromatic N) is 1. The molecule has 0 bridgehead atoms. The number of anilines is 1. The molecule has 0 saturated heterocycles. The van der Waals surface area contributed by atoms with E-state index in [4.69, 9.17) is 11.6 Å². The predicted octanol–water partition coefficient (Wildman–Crippen LogP) is 3.50. The van der Waals surface area contributed by atoms with Gasteiger partial charge in [-0.25, -0.2) is 0 Å². The van der Waals surface area contributed by atoms with Gasteiger partial charge in [0.05, 0.1) is 13.1 Å². The van der Waals surface area contributed by atoms with Gasteiger partial charge < -0.3 is 15.5 Å². The van der Waals surface area contributed by atoms with E-state index in [9.17, 15) is 14.4 Å². The summed E-state index contributed by atoms with van der Waals surface area (Å²) in [6, 6.07) is 13.9. The molecule has 2 aromatic carbocycles. The number of carbonyl (C=O) groups is 3. The minimum Gasteiger partial charge on any atom is -0.345 e. The van der Waals surface area contributed by atoms with Crippen LogP contribution in [0.25, 0.3) is 0 Å². The lowest BCUT2D eigenvalue weighted by atomic mass is 10.1. The van der Waals surface area contributed by atoms with Crippen LogP contribution in [0.4, 0.5) is 5.69 Å². The number of hydrogen-bond donors (Lipinski definition) is 2. The quantitative estimate of drug-likeness (QED) is 0.692. The number of hydrogen-bond acceptors (Lipinski definition) is 3. The van der Waals surface area contributed by atoms with E-state index in [0.29, 0.717) is 22.8 Å². The Kier molecular flexibility index (Phi) is 8.21. The molecule has 0 radical (unpaired) electrons. The molecule has 0 fully saturated rings. The second-order valence-electron chi connectivity index (χ2n) is 7.28. The van der Waals surface area contributed by atoms with E-state index in [2.05, 4.69) is 10.6 Å². The van der Waals surface area contributed by atoms with E-state index >= 15 is 0 Å². The molecule has 154 valence electrons. The molecule has 0 spiro atoms. The van der Waals surface area contributed by atoms with Crippen LogP contribution in [0, 0.1) is 12.8 Å². The van der Waals surface area contributed by atoms with Crippen molar-refractivity contribution in [3.8, 4) is 0 Å². The van der Waals surface area contributed by atoms with Crippen LogP contribution in [0.5, 0.6) is 0 Å². The summed E-state index contributed by atoms with van der Waals surface area (Å²) in [6.07, 6.45) is 0. The Morgan fingerprint density at radius 1 is 1.03 bits per heavy atom. The van der Waals surface area contributed by atoms with Crippen molar-refractivity contribution < 1.29 is 14.4 Å². The topological polar surface area (TPSA) is 78.5 Å². The van der Waals surface area contributed by atoms with Gasteiger partial charge in [0, 0.05) is 22.8 Å². The molecule has 6 nitrogen and oxygen atoms in total. The van der Waals surface area contributed by atoms with Gasteiger partial charge in [0.15, 0.2) is 0 Å². The van der Waals surface area contributed by atoms with Crippen molar-refractivity contribution in [3.63, 3.8) is 0 Å². The van der Waals surface area contributed by atoms with Crippen molar-refractivity contribution >= 4 is 35.0 Å². The lowest BCUT2D eigenvalue weighted by molar-refractivity contribution is -0.124. The fourth-order valence-corrected chi connectivity index (χ4v) is 2.90. The number of aryl methyl sites for hydroxylation is 1. The third kappa shape index (κ3) is 7.58. The molecular formula is C22H26ClN3O3. The largest absolute Gasteiger partial charge is 0.345 e. The van der Waals surface area contributed by atoms with Crippen molar-refractivity contribution in [1.82, 2.24) is 10.2 Å². The first-order chi connectivity index (χ1) is 13.7. The molecule has 29 heavy (non-hydrogen) atoms. The summed E-state index contributed by atoms with van der Waals surface area (Å²) in [5.41, 5.74) is 2.15. The fourth-order valence-electron chi connectivity index (χ4n) is 2.77. The van der Waals surface area contributed by atoms with Gasteiger partial charge in [-0.2, -0.15) is 0 Å². The molecule has 0 aromatic heterocycles. The smallest absolute Gasteiger partial charge is 0.254 e. The van der Waals surface area contributed by atoms with Gasteiger partial charge in [0.25, 0.3) is 5.91 Å². The summed E-state index contributed by atoms with van der Waals surface area (Å²) >= 11 is 5.88. The fraction of sp³-hybridized carbons (Fsp3) is 0.318. The minimum atomic E-state index is -0.396. The van der Waals surface area contributed by atoms with Crippen LogP contribution >= 0.6 is 11.6 Å². The SMILES string of the molecule is Cc1cccc(NC(=O)CNC(=O)CN(CC(C)C)C(=O)c2ccc(Cl)cc2)c1. The van der Waals surface area contributed by atoms with Crippen LogP contribution in [-0.4, -0.2) is 42.3 Å². The zero-order chi connectivity index (χ0) is 21.4. The Morgan fingerprint density at radius 2 is 1.72 bits per heavy atom. The van der Waals surface area contributed by atoms with Crippen molar-refractivity contribution in [3.05, 3.63) is 64.7 Å². The van der Waals surface area contributed by atoms with Gasteiger partial charge in [0.1, 0.15) is 0 Å². The molecule has 0 saturated carbocycles. The van der Waals surface area contributed by atoms with Crippen LogP contribution in [0.3, 0.4) is 0 Å². The van der Waals surface area contributed by atoms with Gasteiger partial charge in [-0.15, -0.1) is 0 Å². The highest BCUT2D eigenvalue weighted by Gasteiger charge is 2.20. The zero-order valence-electron chi connectivity index (χ0n) is 16.9. The molecule has 0 aliphatic rings. The van der Waals surface area contributed by atoms with Crippen molar-refractivity contribution in [2.75, 3.05) is 25.0 Å². The molecule has 7 heteroatoms. The molecule has 0 aliphatic heterocycles. The second-order valence-corrected chi connectivity index (χ2v) is 7.72. The van der Waals surface area contributed by atoms with Gasteiger partial charge in [-0.3, -0.25) is 14.4 Å². The maximum absolute atomic E-state index is 12.8. The number of rotatable bonds is 8. The first kappa shape index (κ1) is 22.4. The van der Waals surface area contributed by atoms with E-state index in [1.54, 1.807) is 30.3 Å². The predicted molar refractivity (Wildman–Crippen MR) is 115 cm³/mol. The molecule has 3 amide bonds. The third-order valence-corrected chi connectivity index (χ3v) is 4.30. The van der Waals surface area contributed by atoms with Crippen LogP contribution in [-0.2, 0) is 9.59 Å². The van der Waals surface area contributed by atoms with E-state index in [0.717, 1.165) is 5.56 Å². The zero-order valence-corrected chi connectivity index (χ0v) is 17.6. The Labute approximate surface area is 176 Å². The average Bonchev–Trinajstić information content (AvgIpc) is 2.65. The standard InChI is InChI=1S/C22H26ClN3O3/c1-15(2)13-26(22(29)17-7-9-18(23)10-8-17)14-21(28)24-12-20(27)25-19-6-4-5-16(3)11-19/h4-11,15H,12-14H2,1-3H3,(H,24,28)(H,25,27). The van der Waals surface area contributed by atoms with Crippen LogP contribution in [0.2, 0.25) is 5.02 Å². The normalized spacial score (nSPS) is 10.5. The van der Waals surface area contributed by atoms with Crippen molar-refractivity contribution in [2.45, 2.75) is 20.8 Å². The molecule has 0 aliphatic carbocycles. The summed E-state index contributed by atoms with van der Waals surface area (Å²) in [5, 5.41) is 5.84. The molecule has 2 rings (SSSR count). The van der Waals surface area contributed by atoms with E-state index < -0.39 is 5.91 Å². The van der Waals surface area contributed by atoms with Gasteiger partial charge in [0.2, 0.25) is 11.8 Å². The van der Waals surface area contributed by atoms with Gasteiger partial charge >= 0.3 is 0 Å². The first-order valence-corrected chi connectivity index (χ1v) is 9.80. The van der Waals surface area contributed by atoms with Crippen LogP contribution in [0.1, 0.15) is 29.8 Å². The summed E-state index contributed by atoms with van der Waals surface area (Å²) in [6.45, 7) is 5.99. The Morgan fingerprint density at radius 3 is 2.34 bits per heavy atom. The highest BCUT2D eigenvalue weighted by Crippen LogP contribution is 2.13. The Balaban J connectivity index is 1.92. The molecule has 0 atom stereocenters. The van der Waals surface area contributed by atoms with Crippen molar-refractivity contribution in [1.29, 1.82) is 0 Å². The number of carbonyl (C=O) groups excluding carboxylic acids is 3. The summed E-state index contributed by atoms with van der Waals surface area (Å²) in [7, 11) is 0.